The molecule has 1 amide bonds. The molecule has 0 radical (unpaired) electrons. The summed E-state index contributed by atoms with van der Waals surface area (Å²) >= 11 is 0. The average molecular weight is 395 g/mol. The molecule has 0 spiro atoms. The molecular weight excluding hydrogens is 373 g/mol. The molecule has 0 bridgehead atoms. The first kappa shape index (κ1) is 19.1. The molecule has 3 aromatic rings. The van der Waals surface area contributed by atoms with Crippen LogP contribution in [-0.4, -0.2) is 32.3 Å². The number of pyridine rings is 1. The molecule has 3 heterocycles. The molecule has 2 aromatic heterocycles. The van der Waals surface area contributed by atoms with Crippen molar-refractivity contribution in [1.29, 1.82) is 0 Å². The Morgan fingerprint density at radius 2 is 2.00 bits per heavy atom. The summed E-state index contributed by atoms with van der Waals surface area (Å²) in [6.07, 6.45) is 0.0295. The highest BCUT2D eigenvalue weighted by Crippen LogP contribution is 2.38. The van der Waals surface area contributed by atoms with Crippen LogP contribution in [0.4, 0.5) is 16.0 Å². The van der Waals surface area contributed by atoms with Crippen LogP contribution in [0.1, 0.15) is 38.3 Å². The molecule has 8 heteroatoms. The van der Waals surface area contributed by atoms with Crippen molar-refractivity contribution in [2.75, 3.05) is 16.8 Å². The van der Waals surface area contributed by atoms with Crippen LogP contribution >= 0.6 is 0 Å². The molecule has 4 rings (SSSR count). The first-order chi connectivity index (χ1) is 13.7. The van der Waals surface area contributed by atoms with E-state index in [0.717, 1.165) is 17.6 Å². The van der Waals surface area contributed by atoms with Gasteiger partial charge in [0.05, 0.1) is 17.6 Å². The number of carbonyl (C=O) groups excluding carboxylic acids is 1. The fourth-order valence-corrected chi connectivity index (χ4v) is 3.27. The third-order valence-corrected chi connectivity index (χ3v) is 4.80. The predicted octanol–water partition coefficient (Wildman–Crippen LogP) is 3.15. The molecular formula is C21H22FN5O2. The van der Waals surface area contributed by atoms with Gasteiger partial charge >= 0.3 is 0 Å². The van der Waals surface area contributed by atoms with Gasteiger partial charge in [0.25, 0.3) is 0 Å². The number of benzene rings is 1. The lowest BCUT2D eigenvalue weighted by Crippen LogP contribution is -2.40. The van der Waals surface area contributed by atoms with E-state index in [1.165, 1.54) is 12.1 Å². The second-order valence-corrected chi connectivity index (χ2v) is 8.02. The Hall–Kier alpha value is -3.26. The molecule has 0 saturated carbocycles. The van der Waals surface area contributed by atoms with Gasteiger partial charge in [-0.05, 0) is 18.2 Å². The van der Waals surface area contributed by atoms with E-state index in [1.54, 1.807) is 9.58 Å². The molecule has 2 N–H and O–H groups in total. The number of hydrogen-bond acceptors (Lipinski definition) is 5. The maximum absolute atomic E-state index is 13.0. The van der Waals surface area contributed by atoms with E-state index in [9.17, 15) is 14.3 Å². The SMILES string of the molecule is CC(C)(C)c1cc2n(n1)-c1ccccc1C(O)N2CC(=O)Nc1ccc(F)cn1. The van der Waals surface area contributed by atoms with Crippen LogP contribution in [0.15, 0.2) is 48.7 Å². The lowest BCUT2D eigenvalue weighted by Gasteiger charge is -2.35. The fourth-order valence-electron chi connectivity index (χ4n) is 3.27. The lowest BCUT2D eigenvalue weighted by molar-refractivity contribution is -0.115. The monoisotopic (exact) mass is 395 g/mol. The van der Waals surface area contributed by atoms with Crippen molar-refractivity contribution in [3.05, 3.63) is 65.7 Å². The number of aromatic nitrogens is 3. The first-order valence-electron chi connectivity index (χ1n) is 9.30. The fraction of sp³-hybridized carbons (Fsp3) is 0.286. The summed E-state index contributed by atoms with van der Waals surface area (Å²) in [5.41, 5.74) is 2.09. The number of aliphatic hydroxyl groups is 1. The van der Waals surface area contributed by atoms with Crippen molar-refractivity contribution >= 4 is 17.5 Å². The van der Waals surface area contributed by atoms with Gasteiger partial charge in [-0.25, -0.2) is 14.1 Å². The Balaban J connectivity index is 1.67. The quantitative estimate of drug-likeness (QED) is 0.712. The number of anilines is 2. The molecule has 150 valence electrons. The number of nitrogens with zero attached hydrogens (tertiary/aromatic N) is 4. The van der Waals surface area contributed by atoms with E-state index in [0.29, 0.717) is 11.4 Å². The highest BCUT2D eigenvalue weighted by Gasteiger charge is 2.34. The van der Waals surface area contributed by atoms with Crippen LogP contribution in [0, 0.1) is 5.82 Å². The zero-order chi connectivity index (χ0) is 20.8. The molecule has 0 aliphatic carbocycles. The van der Waals surface area contributed by atoms with Gasteiger partial charge < -0.3 is 15.3 Å². The van der Waals surface area contributed by atoms with E-state index in [1.807, 2.05) is 30.3 Å². The van der Waals surface area contributed by atoms with Gasteiger partial charge in [0.1, 0.15) is 24.0 Å². The lowest BCUT2D eigenvalue weighted by atomic mass is 9.92. The molecule has 0 saturated heterocycles. The number of amides is 1. The number of para-hydroxylation sites is 1. The summed E-state index contributed by atoms with van der Waals surface area (Å²) in [4.78, 5) is 18.0. The Kier molecular flexibility index (Phi) is 4.58. The van der Waals surface area contributed by atoms with Crippen molar-refractivity contribution in [3.8, 4) is 5.69 Å². The van der Waals surface area contributed by atoms with Gasteiger partial charge in [-0.15, -0.1) is 0 Å². The minimum Gasteiger partial charge on any atom is -0.369 e. The smallest absolute Gasteiger partial charge is 0.245 e. The van der Waals surface area contributed by atoms with E-state index >= 15 is 0 Å². The number of carbonyl (C=O) groups is 1. The number of halogens is 1. The van der Waals surface area contributed by atoms with E-state index in [4.69, 9.17) is 5.10 Å². The largest absolute Gasteiger partial charge is 0.369 e. The van der Waals surface area contributed by atoms with Crippen LogP contribution in [0.2, 0.25) is 0 Å². The summed E-state index contributed by atoms with van der Waals surface area (Å²) < 4.78 is 14.8. The molecule has 1 aliphatic heterocycles. The number of hydrogen-bond donors (Lipinski definition) is 2. The number of fused-ring (bicyclic) bond motifs is 3. The minimum absolute atomic E-state index is 0.121. The van der Waals surface area contributed by atoms with Gasteiger partial charge in [0, 0.05) is 17.0 Å². The molecule has 0 fully saturated rings. The van der Waals surface area contributed by atoms with Crippen LogP contribution < -0.4 is 10.2 Å². The molecule has 1 unspecified atom stereocenters. The first-order valence-corrected chi connectivity index (χ1v) is 9.30. The molecule has 7 nitrogen and oxygen atoms in total. The highest BCUT2D eigenvalue weighted by atomic mass is 19.1. The molecule has 1 aliphatic rings. The van der Waals surface area contributed by atoms with Crippen molar-refractivity contribution in [2.45, 2.75) is 32.4 Å². The second kappa shape index (κ2) is 6.97. The Labute approximate surface area is 167 Å². The summed E-state index contributed by atoms with van der Waals surface area (Å²) in [5.74, 6) is 0.00722. The Morgan fingerprint density at radius 3 is 2.69 bits per heavy atom. The Bertz CT molecular complexity index is 1060. The standard InChI is InChI=1S/C21H22FN5O2/c1-21(2,3)16-10-19-26(12-18(28)24-17-9-8-13(22)11-23-17)20(29)14-6-4-5-7-15(14)27(19)25-16/h4-11,20,29H,12H2,1-3H3,(H,23,24,28). The van der Waals surface area contributed by atoms with Gasteiger partial charge in [-0.2, -0.15) is 5.10 Å². The third kappa shape index (κ3) is 3.58. The zero-order valence-electron chi connectivity index (χ0n) is 16.4. The van der Waals surface area contributed by atoms with Gasteiger partial charge in [0.2, 0.25) is 5.91 Å². The van der Waals surface area contributed by atoms with Gasteiger partial charge in [0.15, 0.2) is 6.23 Å². The topological polar surface area (TPSA) is 83.3 Å². The van der Waals surface area contributed by atoms with Crippen molar-refractivity contribution in [3.63, 3.8) is 0 Å². The predicted molar refractivity (Wildman–Crippen MR) is 107 cm³/mol. The number of aliphatic hydroxyl groups excluding tert-OH is 1. The normalized spacial score (nSPS) is 15.6. The van der Waals surface area contributed by atoms with E-state index in [2.05, 4.69) is 31.1 Å². The van der Waals surface area contributed by atoms with Crippen LogP contribution in [0.3, 0.4) is 0 Å². The zero-order valence-corrected chi connectivity index (χ0v) is 16.4. The Morgan fingerprint density at radius 1 is 1.24 bits per heavy atom. The van der Waals surface area contributed by atoms with Gasteiger partial charge in [-0.1, -0.05) is 39.0 Å². The van der Waals surface area contributed by atoms with Crippen molar-refractivity contribution < 1.29 is 14.3 Å². The van der Waals surface area contributed by atoms with Crippen molar-refractivity contribution in [2.24, 2.45) is 0 Å². The van der Waals surface area contributed by atoms with E-state index < -0.39 is 12.0 Å². The molecule has 29 heavy (non-hydrogen) atoms. The van der Waals surface area contributed by atoms with Gasteiger partial charge in [-0.3, -0.25) is 4.79 Å². The third-order valence-electron chi connectivity index (χ3n) is 4.80. The number of nitrogens with one attached hydrogen (secondary N) is 1. The van der Waals surface area contributed by atoms with Crippen LogP contribution in [0.5, 0.6) is 0 Å². The highest BCUT2D eigenvalue weighted by molar-refractivity contribution is 5.93. The van der Waals surface area contributed by atoms with Crippen LogP contribution in [0.25, 0.3) is 5.69 Å². The summed E-state index contributed by atoms with van der Waals surface area (Å²) in [7, 11) is 0. The average Bonchev–Trinajstić information content (AvgIpc) is 3.13. The summed E-state index contributed by atoms with van der Waals surface area (Å²) in [5, 5.41) is 18.3. The van der Waals surface area contributed by atoms with E-state index in [-0.39, 0.29) is 23.7 Å². The van der Waals surface area contributed by atoms with Crippen molar-refractivity contribution in [1.82, 2.24) is 14.8 Å². The molecule has 1 atom stereocenters. The van der Waals surface area contributed by atoms with Crippen LogP contribution in [-0.2, 0) is 10.2 Å². The maximum atomic E-state index is 13.0. The second-order valence-electron chi connectivity index (χ2n) is 8.02. The number of rotatable bonds is 3. The summed E-state index contributed by atoms with van der Waals surface area (Å²) in [6, 6.07) is 11.9. The molecule has 1 aromatic carbocycles. The summed E-state index contributed by atoms with van der Waals surface area (Å²) in [6.45, 7) is 6.05. The minimum atomic E-state index is -1.00. The maximum Gasteiger partial charge on any atom is 0.245 e.